The summed E-state index contributed by atoms with van der Waals surface area (Å²) in [6, 6.07) is 3.13. The van der Waals surface area contributed by atoms with Gasteiger partial charge in [-0.15, -0.1) is 0 Å². The van der Waals surface area contributed by atoms with Crippen LogP contribution in [-0.4, -0.2) is 55.6 Å². The average molecular weight is 340 g/mol. The number of aliphatic hydroxyl groups is 1. The Balaban J connectivity index is 3.11. The van der Waals surface area contributed by atoms with Gasteiger partial charge in [0.05, 0.1) is 32.1 Å². The van der Waals surface area contributed by atoms with E-state index < -0.39 is 0 Å². The van der Waals surface area contributed by atoms with Gasteiger partial charge >= 0.3 is 6.03 Å². The highest BCUT2D eigenvalue weighted by atomic mass is 16.5. The van der Waals surface area contributed by atoms with Crippen molar-refractivity contribution in [1.82, 2.24) is 4.90 Å². The van der Waals surface area contributed by atoms with Crippen molar-refractivity contribution in [3.05, 3.63) is 12.1 Å². The molecule has 0 saturated carbocycles. The molecule has 1 aromatic carbocycles. The molecule has 136 valence electrons. The summed E-state index contributed by atoms with van der Waals surface area (Å²) in [5.41, 5.74) is 0.548. The fourth-order valence-electron chi connectivity index (χ4n) is 2.19. The molecular weight excluding hydrogens is 312 g/mol. The Kier molecular flexibility index (Phi) is 8.78. The van der Waals surface area contributed by atoms with E-state index in [1.165, 1.54) is 4.90 Å². The highest BCUT2D eigenvalue weighted by molar-refractivity contribution is 5.90. The van der Waals surface area contributed by atoms with Crippen molar-refractivity contribution in [2.75, 3.05) is 44.8 Å². The van der Waals surface area contributed by atoms with Gasteiger partial charge in [-0.05, 0) is 27.7 Å². The summed E-state index contributed by atoms with van der Waals surface area (Å²) in [5.74, 6) is 1.57. The molecule has 7 nitrogen and oxygen atoms in total. The number of urea groups is 1. The topological polar surface area (TPSA) is 80.3 Å². The van der Waals surface area contributed by atoms with Crippen LogP contribution in [0, 0.1) is 0 Å². The predicted octanol–water partition coefficient (Wildman–Crippen LogP) is 2.73. The van der Waals surface area contributed by atoms with Crippen molar-refractivity contribution in [2.24, 2.45) is 0 Å². The van der Waals surface area contributed by atoms with Gasteiger partial charge < -0.3 is 29.5 Å². The van der Waals surface area contributed by atoms with Crippen molar-refractivity contribution in [3.63, 3.8) is 0 Å². The summed E-state index contributed by atoms with van der Waals surface area (Å²) in [6.07, 6.45) is 0. The maximum atomic E-state index is 12.3. The number of amides is 2. The molecule has 0 saturated heterocycles. The average Bonchev–Trinajstić information content (AvgIpc) is 2.56. The molecule has 0 aromatic heterocycles. The minimum Gasteiger partial charge on any atom is -0.490 e. The zero-order valence-corrected chi connectivity index (χ0v) is 14.9. The maximum Gasteiger partial charge on any atom is 0.321 e. The van der Waals surface area contributed by atoms with E-state index >= 15 is 0 Å². The first kappa shape index (κ1) is 19.9. The molecular formula is C17H28N2O5. The second-order valence-electron chi connectivity index (χ2n) is 4.83. The molecule has 0 aliphatic heterocycles. The third-order valence-electron chi connectivity index (χ3n) is 3.20. The quantitative estimate of drug-likeness (QED) is 0.684. The molecule has 2 amide bonds. The number of hydrogen-bond acceptors (Lipinski definition) is 5. The molecule has 2 N–H and O–H groups in total. The number of rotatable bonds is 10. The molecule has 0 atom stereocenters. The van der Waals surface area contributed by atoms with Crippen molar-refractivity contribution in [1.29, 1.82) is 0 Å². The number of benzene rings is 1. The monoisotopic (exact) mass is 340 g/mol. The Hall–Kier alpha value is -2.15. The summed E-state index contributed by atoms with van der Waals surface area (Å²) in [4.78, 5) is 13.8. The number of ether oxygens (including phenoxy) is 3. The van der Waals surface area contributed by atoms with Crippen LogP contribution >= 0.6 is 0 Å². The van der Waals surface area contributed by atoms with Crippen LogP contribution in [-0.2, 0) is 0 Å². The summed E-state index contributed by atoms with van der Waals surface area (Å²) in [6.45, 7) is 9.59. The molecule has 0 fully saturated rings. The maximum absolute atomic E-state index is 12.3. The Morgan fingerprint density at radius 3 is 2.00 bits per heavy atom. The smallest absolute Gasteiger partial charge is 0.321 e. The van der Waals surface area contributed by atoms with Crippen molar-refractivity contribution in [2.45, 2.75) is 27.7 Å². The Morgan fingerprint density at radius 1 is 1.04 bits per heavy atom. The van der Waals surface area contributed by atoms with Gasteiger partial charge in [-0.2, -0.15) is 0 Å². The van der Waals surface area contributed by atoms with Gasteiger partial charge in [-0.3, -0.25) is 0 Å². The van der Waals surface area contributed by atoms with Crippen LogP contribution in [0.2, 0.25) is 0 Å². The second kappa shape index (κ2) is 10.6. The lowest BCUT2D eigenvalue weighted by Gasteiger charge is -2.21. The van der Waals surface area contributed by atoms with E-state index in [4.69, 9.17) is 19.3 Å². The zero-order chi connectivity index (χ0) is 17.9. The minimum absolute atomic E-state index is 0.0844. The van der Waals surface area contributed by atoms with Crippen LogP contribution in [0.15, 0.2) is 12.1 Å². The van der Waals surface area contributed by atoms with E-state index in [0.29, 0.717) is 49.3 Å². The van der Waals surface area contributed by atoms with Crippen LogP contribution in [0.25, 0.3) is 0 Å². The van der Waals surface area contributed by atoms with Crippen LogP contribution in [0.4, 0.5) is 10.5 Å². The molecule has 0 spiro atoms. The number of carbonyl (C=O) groups excluding carboxylic acids is 1. The van der Waals surface area contributed by atoms with Crippen LogP contribution in [0.5, 0.6) is 17.2 Å². The highest BCUT2D eigenvalue weighted by Crippen LogP contribution is 2.40. The third-order valence-corrected chi connectivity index (χ3v) is 3.20. The molecule has 1 aromatic rings. The number of carbonyl (C=O) groups is 1. The molecule has 0 radical (unpaired) electrons. The molecule has 1 rings (SSSR count). The van der Waals surface area contributed by atoms with Crippen LogP contribution < -0.4 is 19.5 Å². The molecule has 0 unspecified atom stereocenters. The van der Waals surface area contributed by atoms with Gasteiger partial charge in [0.2, 0.25) is 5.75 Å². The standard InChI is InChI=1S/C17H28N2O5/c1-5-19(9-10-20)17(21)18-13-11-14(22-6-2)16(24-8-4)15(12-13)23-7-3/h11-12,20H,5-10H2,1-4H3,(H,18,21). The van der Waals surface area contributed by atoms with Gasteiger partial charge in [-0.1, -0.05) is 0 Å². The van der Waals surface area contributed by atoms with Crippen LogP contribution in [0.1, 0.15) is 27.7 Å². The molecule has 24 heavy (non-hydrogen) atoms. The van der Waals surface area contributed by atoms with Crippen molar-refractivity contribution < 1.29 is 24.1 Å². The number of hydrogen-bond donors (Lipinski definition) is 2. The number of likely N-dealkylation sites (N-methyl/N-ethyl adjacent to an activating group) is 1. The summed E-state index contributed by atoms with van der Waals surface area (Å²) < 4.78 is 16.9. The van der Waals surface area contributed by atoms with Gasteiger partial charge in [0, 0.05) is 25.2 Å². The highest BCUT2D eigenvalue weighted by Gasteiger charge is 2.17. The first-order valence-corrected chi connectivity index (χ1v) is 8.34. The molecule has 0 heterocycles. The van der Waals surface area contributed by atoms with Crippen LogP contribution in [0.3, 0.4) is 0 Å². The van der Waals surface area contributed by atoms with Crippen molar-refractivity contribution >= 4 is 11.7 Å². The number of nitrogens with one attached hydrogen (secondary N) is 1. The lowest BCUT2D eigenvalue weighted by atomic mass is 10.2. The van der Waals surface area contributed by atoms with E-state index in [9.17, 15) is 4.79 Å². The largest absolute Gasteiger partial charge is 0.490 e. The number of anilines is 1. The van der Waals surface area contributed by atoms with E-state index in [1.54, 1.807) is 12.1 Å². The van der Waals surface area contributed by atoms with E-state index in [-0.39, 0.29) is 19.2 Å². The molecule has 0 aliphatic rings. The number of aliphatic hydroxyl groups excluding tert-OH is 1. The van der Waals surface area contributed by atoms with Gasteiger partial charge in [0.25, 0.3) is 0 Å². The van der Waals surface area contributed by atoms with E-state index in [0.717, 1.165) is 0 Å². The molecule has 7 heteroatoms. The predicted molar refractivity (Wildman–Crippen MR) is 93.3 cm³/mol. The normalized spacial score (nSPS) is 10.2. The van der Waals surface area contributed by atoms with E-state index in [2.05, 4.69) is 5.32 Å². The minimum atomic E-state index is -0.291. The van der Waals surface area contributed by atoms with Gasteiger partial charge in [0.1, 0.15) is 0 Å². The zero-order valence-electron chi connectivity index (χ0n) is 14.9. The lowest BCUT2D eigenvalue weighted by Crippen LogP contribution is -2.36. The van der Waals surface area contributed by atoms with Gasteiger partial charge in [0.15, 0.2) is 11.5 Å². The van der Waals surface area contributed by atoms with Crippen molar-refractivity contribution in [3.8, 4) is 17.2 Å². The first-order chi connectivity index (χ1) is 11.6. The third kappa shape index (κ3) is 5.49. The number of nitrogens with zero attached hydrogens (tertiary/aromatic N) is 1. The summed E-state index contributed by atoms with van der Waals surface area (Å²) in [5, 5.41) is 11.8. The molecule has 0 bridgehead atoms. The molecule has 0 aliphatic carbocycles. The fraction of sp³-hybridized carbons (Fsp3) is 0.588. The fourth-order valence-corrected chi connectivity index (χ4v) is 2.19. The Morgan fingerprint density at radius 2 is 1.58 bits per heavy atom. The first-order valence-electron chi connectivity index (χ1n) is 8.34. The van der Waals surface area contributed by atoms with E-state index in [1.807, 2.05) is 27.7 Å². The Labute approximate surface area is 143 Å². The SMILES string of the molecule is CCOc1cc(NC(=O)N(CC)CCO)cc(OCC)c1OCC. The summed E-state index contributed by atoms with van der Waals surface area (Å²) in [7, 11) is 0. The Bertz CT molecular complexity index is 495. The lowest BCUT2D eigenvalue weighted by molar-refractivity contribution is 0.192. The summed E-state index contributed by atoms with van der Waals surface area (Å²) >= 11 is 0. The second-order valence-corrected chi connectivity index (χ2v) is 4.83. The van der Waals surface area contributed by atoms with Gasteiger partial charge in [-0.25, -0.2) is 4.79 Å².